The second kappa shape index (κ2) is 22.9. The Labute approximate surface area is 342 Å². The van der Waals surface area contributed by atoms with Crippen LogP contribution in [0.5, 0.6) is 0 Å². The fraction of sp³-hybridized carbons (Fsp3) is 0.628. The summed E-state index contributed by atoms with van der Waals surface area (Å²) in [5.41, 5.74) is -0.194. The lowest BCUT2D eigenvalue weighted by Crippen LogP contribution is -2.70. The summed E-state index contributed by atoms with van der Waals surface area (Å²) < 4.78 is 35.3. The molecule has 0 saturated carbocycles. The van der Waals surface area contributed by atoms with Crippen LogP contribution in [0.1, 0.15) is 54.4 Å². The van der Waals surface area contributed by atoms with Gasteiger partial charge in [-0.2, -0.15) is 0 Å². The van der Waals surface area contributed by atoms with E-state index < -0.39 is 90.7 Å². The number of amides is 1. The number of aliphatic carboxylic acids is 1. The van der Waals surface area contributed by atoms with E-state index in [1.54, 1.807) is 88.6 Å². The molecule has 326 valence electrons. The van der Waals surface area contributed by atoms with Gasteiger partial charge >= 0.3 is 5.97 Å². The zero-order chi connectivity index (χ0) is 43.2. The van der Waals surface area contributed by atoms with Gasteiger partial charge in [0, 0.05) is 51.0 Å². The molecule has 0 radical (unpaired) electrons. The van der Waals surface area contributed by atoms with Gasteiger partial charge in [0.05, 0.1) is 49.3 Å². The van der Waals surface area contributed by atoms with Crippen molar-refractivity contribution in [2.75, 3.05) is 27.4 Å². The number of carbonyl (C=O) groups excluding carboxylic acids is 1. The van der Waals surface area contributed by atoms with E-state index in [0.29, 0.717) is 6.42 Å². The van der Waals surface area contributed by atoms with Crippen molar-refractivity contribution in [3.05, 3.63) is 84.6 Å². The van der Waals surface area contributed by atoms with Gasteiger partial charge in [-0.25, -0.2) is 4.79 Å². The molecule has 14 atom stereocenters. The number of ether oxygens (including phenoxy) is 6. The van der Waals surface area contributed by atoms with Gasteiger partial charge in [-0.3, -0.25) is 4.79 Å². The predicted molar refractivity (Wildman–Crippen MR) is 215 cm³/mol. The Balaban J connectivity index is 1.73. The molecule has 3 heterocycles. The number of aliphatic hydroxyl groups excluding tert-OH is 4. The maximum absolute atomic E-state index is 13.9. The van der Waals surface area contributed by atoms with E-state index in [1.807, 2.05) is 26.8 Å². The quantitative estimate of drug-likeness (QED) is 0.0736. The van der Waals surface area contributed by atoms with Crippen LogP contribution in [0.2, 0.25) is 0 Å². The summed E-state index contributed by atoms with van der Waals surface area (Å²) in [6, 6.07) is 0. The molecule has 3 fully saturated rings. The first kappa shape index (κ1) is 49.0. The van der Waals surface area contributed by atoms with Crippen molar-refractivity contribution in [2.24, 2.45) is 17.3 Å². The Bertz CT molecular complexity index is 1540. The monoisotopic (exact) mass is 819 g/mol. The zero-order valence-electron chi connectivity index (χ0n) is 34.8. The number of hydrogen-bond donors (Lipinski definition) is 7. The molecule has 0 aromatic rings. The van der Waals surface area contributed by atoms with Crippen LogP contribution in [0.3, 0.4) is 0 Å². The first-order valence-corrected chi connectivity index (χ1v) is 19.7. The molecule has 3 aliphatic heterocycles. The Morgan fingerprint density at radius 1 is 0.948 bits per heavy atom. The standard InChI is InChI=1S/C43H65NO14/c1-9-10-13-20-34-42(5,6)39(49)40(50)43(52,58-34)29(25-55-36-24-33(53-7)37(48)28(4)56-36)41(51)44-22-17-16-18-26(2)38(54-8)27(3)32-23-30(45)31(57-32)19-14-11-12-15-21-35(46)47/h9-21,27-34,36-40,45,48-50,52H,22-25H2,1-8H3,(H,44,51)(H,46,47)/b10-9+,12-11+,17-16+,19-14+,20-13+,21-15+,26-18+. The topological polar surface area (TPSA) is 223 Å². The zero-order valence-corrected chi connectivity index (χ0v) is 34.8. The third-order valence-corrected chi connectivity index (χ3v) is 11.1. The number of nitrogens with one attached hydrogen (secondary N) is 1. The summed E-state index contributed by atoms with van der Waals surface area (Å²) in [4.78, 5) is 24.5. The summed E-state index contributed by atoms with van der Waals surface area (Å²) in [5.74, 6) is -6.05. The number of rotatable bonds is 19. The van der Waals surface area contributed by atoms with E-state index in [1.165, 1.54) is 13.2 Å². The summed E-state index contributed by atoms with van der Waals surface area (Å²) in [5, 5.41) is 67.1. The fourth-order valence-corrected chi connectivity index (χ4v) is 7.36. The fourth-order valence-electron chi connectivity index (χ4n) is 7.36. The first-order chi connectivity index (χ1) is 27.4. The SMILES string of the molecule is C/C=C/C=C/C1OC(O)(C(COC2CC(OC)C(O)C(C)O2)C(=O)NC/C=C/C=C(\C)C(OC)C(C)C2CC(O)C(/C=C/C=C/C=C/C(=O)O)O2)C(O)C(O)C1(C)C. The lowest BCUT2D eigenvalue weighted by molar-refractivity contribution is -0.366. The number of methoxy groups -OCH3 is 2. The average molecular weight is 820 g/mol. The van der Waals surface area contributed by atoms with Gasteiger partial charge in [-0.15, -0.1) is 0 Å². The minimum Gasteiger partial charge on any atom is -0.478 e. The molecule has 58 heavy (non-hydrogen) atoms. The van der Waals surface area contributed by atoms with Crippen LogP contribution in [-0.2, 0) is 38.0 Å². The summed E-state index contributed by atoms with van der Waals surface area (Å²) in [6.07, 6.45) is 12.4. The normalized spacial score (nSPS) is 35.2. The van der Waals surface area contributed by atoms with Crippen LogP contribution in [0, 0.1) is 17.3 Å². The first-order valence-electron chi connectivity index (χ1n) is 19.7. The van der Waals surface area contributed by atoms with Crippen molar-refractivity contribution < 1.29 is 68.6 Å². The molecule has 0 aliphatic carbocycles. The summed E-state index contributed by atoms with van der Waals surface area (Å²) in [7, 11) is 3.04. The highest BCUT2D eigenvalue weighted by Crippen LogP contribution is 2.44. The Morgan fingerprint density at radius 3 is 2.29 bits per heavy atom. The highest BCUT2D eigenvalue weighted by atomic mass is 16.7. The van der Waals surface area contributed by atoms with Crippen LogP contribution < -0.4 is 5.32 Å². The second-order valence-corrected chi connectivity index (χ2v) is 15.6. The van der Waals surface area contributed by atoms with Crippen LogP contribution in [0.15, 0.2) is 84.6 Å². The van der Waals surface area contributed by atoms with Gasteiger partial charge in [0.25, 0.3) is 0 Å². The molecular weight excluding hydrogens is 754 g/mol. The number of aliphatic hydroxyl groups is 5. The molecule has 0 bridgehead atoms. The van der Waals surface area contributed by atoms with Gasteiger partial charge in [0.2, 0.25) is 11.7 Å². The van der Waals surface area contributed by atoms with Crippen LogP contribution >= 0.6 is 0 Å². The third kappa shape index (κ3) is 12.8. The number of carbonyl (C=O) groups is 2. The van der Waals surface area contributed by atoms with Gasteiger partial charge in [0.15, 0.2) is 6.29 Å². The van der Waals surface area contributed by atoms with E-state index in [9.17, 15) is 35.1 Å². The number of carboxylic acid groups (broad SMARTS) is 1. The molecule has 3 aliphatic rings. The Hall–Kier alpha value is -3.32. The van der Waals surface area contributed by atoms with Gasteiger partial charge in [-0.1, -0.05) is 93.7 Å². The number of hydrogen-bond acceptors (Lipinski definition) is 13. The van der Waals surface area contributed by atoms with Gasteiger partial charge in [0.1, 0.15) is 24.2 Å². The van der Waals surface area contributed by atoms with E-state index in [4.69, 9.17) is 33.5 Å². The van der Waals surface area contributed by atoms with Gasteiger partial charge in [-0.05, 0) is 26.3 Å². The highest BCUT2D eigenvalue weighted by Gasteiger charge is 2.61. The maximum Gasteiger partial charge on any atom is 0.328 e. The van der Waals surface area contributed by atoms with Crippen molar-refractivity contribution in [1.29, 1.82) is 0 Å². The largest absolute Gasteiger partial charge is 0.478 e. The van der Waals surface area contributed by atoms with E-state index >= 15 is 0 Å². The smallest absolute Gasteiger partial charge is 0.328 e. The summed E-state index contributed by atoms with van der Waals surface area (Å²) >= 11 is 0. The third-order valence-electron chi connectivity index (χ3n) is 11.1. The molecule has 14 unspecified atom stereocenters. The summed E-state index contributed by atoms with van der Waals surface area (Å²) in [6.45, 7) is 10.3. The molecule has 3 saturated heterocycles. The average Bonchev–Trinajstić information content (AvgIpc) is 3.55. The second-order valence-electron chi connectivity index (χ2n) is 15.6. The number of carboxylic acids is 1. The molecule has 1 amide bonds. The number of allylic oxidation sites excluding steroid dienone is 9. The van der Waals surface area contributed by atoms with Crippen molar-refractivity contribution >= 4 is 11.9 Å². The molecule has 0 aromatic carbocycles. The van der Waals surface area contributed by atoms with E-state index in [0.717, 1.165) is 11.6 Å². The maximum atomic E-state index is 13.9. The highest BCUT2D eigenvalue weighted by molar-refractivity contribution is 5.80. The lowest BCUT2D eigenvalue weighted by atomic mass is 9.71. The molecule has 7 N–H and O–H groups in total. The van der Waals surface area contributed by atoms with Crippen molar-refractivity contribution in [1.82, 2.24) is 5.32 Å². The minimum absolute atomic E-state index is 0.0125. The molecule has 3 rings (SSSR count). The molecular formula is C43H65NO14. The Kier molecular flexibility index (Phi) is 19.4. The van der Waals surface area contributed by atoms with E-state index in [2.05, 4.69) is 5.32 Å². The lowest BCUT2D eigenvalue weighted by Gasteiger charge is -2.53. The van der Waals surface area contributed by atoms with Crippen molar-refractivity contribution in [3.8, 4) is 0 Å². The van der Waals surface area contributed by atoms with Crippen LogP contribution in [0.25, 0.3) is 0 Å². The molecule has 0 aromatic heterocycles. The van der Waals surface area contributed by atoms with Crippen LogP contribution in [-0.4, -0.2) is 143 Å². The predicted octanol–water partition coefficient (Wildman–Crippen LogP) is 2.64. The Morgan fingerprint density at radius 2 is 1.64 bits per heavy atom. The van der Waals surface area contributed by atoms with Crippen LogP contribution in [0.4, 0.5) is 0 Å². The molecule has 15 nitrogen and oxygen atoms in total. The van der Waals surface area contributed by atoms with Crippen molar-refractivity contribution in [3.63, 3.8) is 0 Å². The molecule has 0 spiro atoms. The minimum atomic E-state index is -2.59. The van der Waals surface area contributed by atoms with Crippen molar-refractivity contribution in [2.45, 2.75) is 128 Å². The van der Waals surface area contributed by atoms with E-state index in [-0.39, 0.29) is 31.1 Å². The van der Waals surface area contributed by atoms with Gasteiger partial charge < -0.3 is 64.4 Å². The molecule has 15 heteroatoms.